The topological polar surface area (TPSA) is 55.4 Å². The van der Waals surface area contributed by atoms with E-state index >= 15 is 0 Å². The summed E-state index contributed by atoms with van der Waals surface area (Å²) in [5, 5.41) is 2.84. The minimum atomic E-state index is -2.67. The Kier molecular flexibility index (Phi) is 9.24. The Morgan fingerprint density at radius 3 is 2.31 bits per heavy atom. The van der Waals surface area contributed by atoms with E-state index < -0.39 is 23.9 Å². The largest absolute Gasteiger partial charge is 0.466 e. The lowest BCUT2D eigenvalue weighted by molar-refractivity contribution is -0.144. The fraction of sp³-hybridized carbons (Fsp3) is 0.600. The molecule has 1 aliphatic rings. The molecule has 1 atom stereocenters. The molecule has 1 aromatic rings. The van der Waals surface area contributed by atoms with E-state index in [0.717, 1.165) is 5.56 Å². The number of halogens is 2. The average molecular weight is 369 g/mol. The number of hydrogen-bond acceptors (Lipinski definition) is 3. The number of hydrogen-bond donors (Lipinski definition) is 1. The number of alkyl halides is 2. The maximum atomic E-state index is 13.2. The fourth-order valence-corrected chi connectivity index (χ4v) is 2.92. The average Bonchev–Trinajstić information content (AvgIpc) is 2.63. The van der Waals surface area contributed by atoms with Crippen LogP contribution in [0.3, 0.4) is 0 Å². The van der Waals surface area contributed by atoms with Crippen molar-refractivity contribution < 1.29 is 23.1 Å². The van der Waals surface area contributed by atoms with Crippen molar-refractivity contribution in [3.05, 3.63) is 35.9 Å². The Bertz CT molecular complexity index is 553. The molecule has 1 aromatic carbocycles. The second kappa shape index (κ2) is 10.9. The van der Waals surface area contributed by atoms with Crippen molar-refractivity contribution in [1.29, 1.82) is 0 Å². The number of carbonyl (C=O) groups excluding carboxylic acids is 2. The number of nitrogens with one attached hydrogen (secondary N) is 1. The van der Waals surface area contributed by atoms with Gasteiger partial charge in [-0.3, -0.25) is 9.59 Å². The van der Waals surface area contributed by atoms with Gasteiger partial charge in [-0.15, -0.1) is 0 Å². The first kappa shape index (κ1) is 22.1. The van der Waals surface area contributed by atoms with Crippen LogP contribution in [0.5, 0.6) is 0 Å². The van der Waals surface area contributed by atoms with Gasteiger partial charge in [0.05, 0.1) is 19.1 Å². The van der Waals surface area contributed by atoms with Crippen molar-refractivity contribution in [3.63, 3.8) is 0 Å². The highest BCUT2D eigenvalue weighted by Gasteiger charge is 2.37. The van der Waals surface area contributed by atoms with Crippen molar-refractivity contribution in [3.8, 4) is 0 Å². The van der Waals surface area contributed by atoms with Gasteiger partial charge in [-0.05, 0) is 25.3 Å². The van der Waals surface area contributed by atoms with Crippen molar-refractivity contribution in [2.75, 3.05) is 6.61 Å². The molecular weight excluding hydrogens is 340 g/mol. The standard InChI is InChI=1S/C18H23F2NO3.C2H6/c1-2-24-16(22)12-15(13-6-4-3-5-7-13)21-17(23)14-8-10-18(19,20)11-9-14;1-2/h3-7,14-15H,2,8-12H2,1H3,(H,21,23);1-2H3. The van der Waals surface area contributed by atoms with Crippen molar-refractivity contribution in [2.45, 2.75) is 64.8 Å². The van der Waals surface area contributed by atoms with Crippen molar-refractivity contribution in [2.24, 2.45) is 5.92 Å². The molecule has 1 aliphatic carbocycles. The van der Waals surface area contributed by atoms with Crippen molar-refractivity contribution in [1.82, 2.24) is 5.32 Å². The molecule has 4 nitrogen and oxygen atoms in total. The molecule has 0 radical (unpaired) electrons. The number of amides is 1. The van der Waals surface area contributed by atoms with Crippen LogP contribution in [-0.2, 0) is 14.3 Å². The molecule has 26 heavy (non-hydrogen) atoms. The van der Waals surface area contributed by atoms with Crippen LogP contribution >= 0.6 is 0 Å². The lowest BCUT2D eigenvalue weighted by Gasteiger charge is -2.29. The predicted octanol–water partition coefficient (Wildman–Crippen LogP) is 4.65. The van der Waals surface area contributed by atoms with Gasteiger partial charge in [-0.1, -0.05) is 44.2 Å². The molecule has 0 aliphatic heterocycles. The number of esters is 1. The SMILES string of the molecule is CC.CCOC(=O)CC(NC(=O)C1CCC(F)(F)CC1)c1ccccc1. The third-order valence-corrected chi connectivity index (χ3v) is 4.28. The van der Waals surface area contributed by atoms with Gasteiger partial charge >= 0.3 is 5.97 Å². The molecule has 1 N–H and O–H groups in total. The number of benzene rings is 1. The Morgan fingerprint density at radius 1 is 1.19 bits per heavy atom. The summed E-state index contributed by atoms with van der Waals surface area (Å²) < 4.78 is 31.4. The smallest absolute Gasteiger partial charge is 0.308 e. The van der Waals surface area contributed by atoms with E-state index in [1.807, 2.05) is 44.2 Å². The lowest BCUT2D eigenvalue weighted by Crippen LogP contribution is -2.38. The molecule has 1 unspecified atom stereocenters. The summed E-state index contributed by atoms with van der Waals surface area (Å²) in [6.45, 7) is 5.99. The van der Waals surface area contributed by atoms with Gasteiger partial charge in [0.2, 0.25) is 11.8 Å². The molecule has 0 aromatic heterocycles. The van der Waals surface area contributed by atoms with Crippen LogP contribution in [0.2, 0.25) is 0 Å². The van der Waals surface area contributed by atoms with E-state index in [1.165, 1.54) is 0 Å². The molecule has 146 valence electrons. The first-order chi connectivity index (χ1) is 12.4. The lowest BCUT2D eigenvalue weighted by atomic mass is 9.86. The van der Waals surface area contributed by atoms with Crippen LogP contribution in [0.1, 0.15) is 64.5 Å². The molecule has 0 heterocycles. The first-order valence-electron chi connectivity index (χ1n) is 9.30. The molecule has 0 saturated heterocycles. The van der Waals surface area contributed by atoms with Crippen LogP contribution in [0, 0.1) is 5.92 Å². The molecular formula is C20H29F2NO3. The minimum Gasteiger partial charge on any atom is -0.466 e. The van der Waals surface area contributed by atoms with Gasteiger partial charge < -0.3 is 10.1 Å². The minimum absolute atomic E-state index is 0.0203. The summed E-state index contributed by atoms with van der Waals surface area (Å²) in [4.78, 5) is 24.2. The summed E-state index contributed by atoms with van der Waals surface area (Å²) in [6.07, 6.45) is -0.177. The summed E-state index contributed by atoms with van der Waals surface area (Å²) in [5.74, 6) is -3.77. The Balaban J connectivity index is 0.00000163. The first-order valence-corrected chi connectivity index (χ1v) is 9.30. The van der Waals surface area contributed by atoms with E-state index in [4.69, 9.17) is 4.74 Å². The van der Waals surface area contributed by atoms with Crippen LogP contribution in [0.25, 0.3) is 0 Å². The number of carbonyl (C=O) groups is 2. The molecule has 0 spiro atoms. The second-order valence-corrected chi connectivity index (χ2v) is 6.11. The van der Waals surface area contributed by atoms with Crippen LogP contribution in [0.15, 0.2) is 30.3 Å². The molecule has 6 heteroatoms. The van der Waals surface area contributed by atoms with E-state index in [0.29, 0.717) is 0 Å². The summed E-state index contributed by atoms with van der Waals surface area (Å²) >= 11 is 0. The molecule has 2 rings (SSSR count). The molecule has 1 fully saturated rings. The fourth-order valence-electron chi connectivity index (χ4n) is 2.92. The Labute approximate surface area is 154 Å². The van der Waals surface area contributed by atoms with E-state index in [9.17, 15) is 18.4 Å². The maximum Gasteiger partial charge on any atom is 0.308 e. The van der Waals surface area contributed by atoms with Gasteiger partial charge in [-0.25, -0.2) is 8.78 Å². The van der Waals surface area contributed by atoms with E-state index in [-0.39, 0.29) is 44.6 Å². The highest BCUT2D eigenvalue weighted by atomic mass is 19.3. The van der Waals surface area contributed by atoms with Gasteiger partial charge in [-0.2, -0.15) is 0 Å². The van der Waals surface area contributed by atoms with Gasteiger partial charge in [0, 0.05) is 18.8 Å². The van der Waals surface area contributed by atoms with Crippen LogP contribution in [0.4, 0.5) is 8.78 Å². The quantitative estimate of drug-likeness (QED) is 0.743. The Morgan fingerprint density at radius 2 is 1.77 bits per heavy atom. The zero-order chi connectivity index (χ0) is 19.6. The molecule has 0 bridgehead atoms. The monoisotopic (exact) mass is 369 g/mol. The van der Waals surface area contributed by atoms with Gasteiger partial charge in [0.1, 0.15) is 0 Å². The Hall–Kier alpha value is -1.98. The third-order valence-electron chi connectivity index (χ3n) is 4.28. The van der Waals surface area contributed by atoms with Gasteiger partial charge in [0.25, 0.3) is 0 Å². The second-order valence-electron chi connectivity index (χ2n) is 6.11. The highest BCUT2D eigenvalue weighted by molar-refractivity contribution is 5.80. The zero-order valence-corrected chi connectivity index (χ0v) is 15.8. The maximum absolute atomic E-state index is 13.2. The number of rotatable bonds is 6. The summed E-state index contributed by atoms with van der Waals surface area (Å²) in [6, 6.07) is 8.61. The number of ether oxygens (including phenoxy) is 1. The highest BCUT2D eigenvalue weighted by Crippen LogP contribution is 2.36. The third kappa shape index (κ3) is 7.10. The predicted molar refractivity (Wildman–Crippen MR) is 96.8 cm³/mol. The van der Waals surface area contributed by atoms with E-state index in [2.05, 4.69) is 5.32 Å². The molecule has 1 saturated carbocycles. The van der Waals surface area contributed by atoms with Crippen molar-refractivity contribution >= 4 is 11.9 Å². The van der Waals surface area contributed by atoms with E-state index in [1.54, 1.807) is 6.92 Å². The van der Waals surface area contributed by atoms with Crippen LogP contribution < -0.4 is 5.32 Å². The van der Waals surface area contributed by atoms with Gasteiger partial charge in [0.15, 0.2) is 0 Å². The zero-order valence-electron chi connectivity index (χ0n) is 15.8. The summed E-state index contributed by atoms with van der Waals surface area (Å²) in [5.41, 5.74) is 0.792. The van der Waals surface area contributed by atoms with Crippen LogP contribution in [-0.4, -0.2) is 24.4 Å². The molecule has 1 amide bonds. The summed E-state index contributed by atoms with van der Waals surface area (Å²) in [7, 11) is 0. The normalized spacial score (nSPS) is 17.4.